The average Bonchev–Trinajstić information content (AvgIpc) is 2.95. The van der Waals surface area contributed by atoms with E-state index >= 15 is 0 Å². The van der Waals surface area contributed by atoms with Gasteiger partial charge in [-0.1, -0.05) is 12.1 Å². The summed E-state index contributed by atoms with van der Waals surface area (Å²) in [7, 11) is 0. The van der Waals surface area contributed by atoms with Gasteiger partial charge in [-0.2, -0.15) is 0 Å². The van der Waals surface area contributed by atoms with Crippen LogP contribution < -0.4 is 10.2 Å². The number of nitrogens with zero attached hydrogens (tertiary/aromatic N) is 2. The SMILES string of the molecule is O=C(CCc1ccccn1)N[C@H]1CCN(c2c(F)cccc2F)C1=O. The number of hydrogen-bond acceptors (Lipinski definition) is 3. The van der Waals surface area contributed by atoms with Crippen LogP contribution in [-0.4, -0.2) is 29.4 Å². The summed E-state index contributed by atoms with van der Waals surface area (Å²) < 4.78 is 27.7. The summed E-state index contributed by atoms with van der Waals surface area (Å²) in [6, 6.07) is 8.12. The first kappa shape index (κ1) is 17.0. The van der Waals surface area contributed by atoms with E-state index in [1.54, 1.807) is 12.3 Å². The van der Waals surface area contributed by atoms with Crippen LogP contribution in [0.5, 0.6) is 0 Å². The third-order valence-corrected chi connectivity index (χ3v) is 4.08. The van der Waals surface area contributed by atoms with Gasteiger partial charge in [-0.25, -0.2) is 8.78 Å². The Morgan fingerprint density at radius 1 is 1.20 bits per heavy atom. The normalized spacial score (nSPS) is 17.0. The molecular weight excluding hydrogens is 328 g/mol. The van der Waals surface area contributed by atoms with E-state index in [-0.39, 0.29) is 24.6 Å². The maximum atomic E-state index is 13.8. The van der Waals surface area contributed by atoms with Gasteiger partial charge < -0.3 is 10.2 Å². The third kappa shape index (κ3) is 3.81. The highest BCUT2D eigenvalue weighted by molar-refractivity contribution is 6.01. The third-order valence-electron chi connectivity index (χ3n) is 4.08. The molecule has 0 saturated carbocycles. The van der Waals surface area contributed by atoms with Gasteiger partial charge in [0, 0.05) is 24.9 Å². The molecule has 1 N–H and O–H groups in total. The molecule has 7 heteroatoms. The summed E-state index contributed by atoms with van der Waals surface area (Å²) in [5.74, 6) is -2.39. The van der Waals surface area contributed by atoms with Gasteiger partial charge in [0.05, 0.1) is 0 Å². The molecule has 0 spiro atoms. The minimum absolute atomic E-state index is 0.155. The summed E-state index contributed by atoms with van der Waals surface area (Å²) in [6.07, 6.45) is 2.60. The number of rotatable bonds is 5. The minimum atomic E-state index is -0.796. The van der Waals surface area contributed by atoms with E-state index in [1.165, 1.54) is 6.07 Å². The maximum absolute atomic E-state index is 13.8. The molecule has 1 aliphatic rings. The van der Waals surface area contributed by atoms with Crippen molar-refractivity contribution >= 4 is 17.5 Å². The van der Waals surface area contributed by atoms with Crippen molar-refractivity contribution in [3.63, 3.8) is 0 Å². The van der Waals surface area contributed by atoms with Crippen LogP contribution in [0.3, 0.4) is 0 Å². The molecule has 1 atom stereocenters. The molecule has 1 aromatic carbocycles. The van der Waals surface area contributed by atoms with Gasteiger partial charge >= 0.3 is 0 Å². The van der Waals surface area contributed by atoms with Crippen molar-refractivity contribution in [2.24, 2.45) is 0 Å². The predicted molar refractivity (Wildman–Crippen MR) is 87.8 cm³/mol. The number of hydrogen-bond donors (Lipinski definition) is 1. The van der Waals surface area contributed by atoms with Crippen LogP contribution in [0.1, 0.15) is 18.5 Å². The summed E-state index contributed by atoms with van der Waals surface area (Å²) in [4.78, 5) is 29.6. The Bertz CT molecular complexity index is 763. The van der Waals surface area contributed by atoms with Crippen molar-refractivity contribution in [1.82, 2.24) is 10.3 Å². The Balaban J connectivity index is 1.60. The van der Waals surface area contributed by atoms with Crippen LogP contribution in [0, 0.1) is 11.6 Å². The van der Waals surface area contributed by atoms with Gasteiger partial charge in [0.25, 0.3) is 0 Å². The highest BCUT2D eigenvalue weighted by Crippen LogP contribution is 2.27. The summed E-state index contributed by atoms with van der Waals surface area (Å²) in [5, 5.41) is 2.63. The van der Waals surface area contributed by atoms with E-state index in [4.69, 9.17) is 0 Å². The smallest absolute Gasteiger partial charge is 0.249 e. The van der Waals surface area contributed by atoms with Crippen molar-refractivity contribution in [3.8, 4) is 0 Å². The molecule has 1 saturated heterocycles. The first-order chi connectivity index (χ1) is 12.1. The van der Waals surface area contributed by atoms with Gasteiger partial charge in [0.2, 0.25) is 11.8 Å². The van der Waals surface area contributed by atoms with E-state index in [0.717, 1.165) is 22.7 Å². The van der Waals surface area contributed by atoms with E-state index in [2.05, 4.69) is 10.3 Å². The van der Waals surface area contributed by atoms with Crippen LogP contribution in [0.4, 0.5) is 14.5 Å². The number of aromatic nitrogens is 1. The molecule has 3 rings (SSSR count). The number of pyridine rings is 1. The first-order valence-corrected chi connectivity index (χ1v) is 8.01. The summed E-state index contributed by atoms with van der Waals surface area (Å²) >= 11 is 0. The van der Waals surface area contributed by atoms with E-state index < -0.39 is 23.6 Å². The second-order valence-electron chi connectivity index (χ2n) is 5.79. The molecule has 1 fully saturated rings. The van der Waals surface area contributed by atoms with E-state index in [9.17, 15) is 18.4 Å². The van der Waals surface area contributed by atoms with Crippen LogP contribution in [0.25, 0.3) is 0 Å². The molecule has 5 nitrogen and oxygen atoms in total. The Labute approximate surface area is 143 Å². The number of carbonyl (C=O) groups excluding carboxylic acids is 2. The number of amides is 2. The average molecular weight is 345 g/mol. The van der Waals surface area contributed by atoms with Crippen molar-refractivity contribution in [2.75, 3.05) is 11.4 Å². The van der Waals surface area contributed by atoms with Gasteiger partial charge in [-0.3, -0.25) is 14.6 Å². The topological polar surface area (TPSA) is 62.3 Å². The van der Waals surface area contributed by atoms with Crippen LogP contribution >= 0.6 is 0 Å². The fourth-order valence-corrected chi connectivity index (χ4v) is 2.84. The van der Waals surface area contributed by atoms with E-state index in [1.807, 2.05) is 12.1 Å². The van der Waals surface area contributed by atoms with Crippen molar-refractivity contribution in [1.29, 1.82) is 0 Å². The van der Waals surface area contributed by atoms with Crippen LogP contribution in [0.2, 0.25) is 0 Å². The fourth-order valence-electron chi connectivity index (χ4n) is 2.84. The molecule has 2 aromatic rings. The Hall–Kier alpha value is -2.83. The largest absolute Gasteiger partial charge is 0.344 e. The van der Waals surface area contributed by atoms with Gasteiger partial charge in [-0.15, -0.1) is 0 Å². The highest BCUT2D eigenvalue weighted by atomic mass is 19.1. The summed E-state index contributed by atoms with van der Waals surface area (Å²) in [6.45, 7) is 0.155. The number of benzene rings is 1. The number of carbonyl (C=O) groups is 2. The van der Waals surface area contributed by atoms with Crippen LogP contribution in [-0.2, 0) is 16.0 Å². The molecule has 2 amide bonds. The molecule has 0 unspecified atom stereocenters. The molecule has 25 heavy (non-hydrogen) atoms. The fraction of sp³-hybridized carbons (Fsp3) is 0.278. The molecule has 0 radical (unpaired) electrons. The van der Waals surface area contributed by atoms with Gasteiger partial charge in [0.15, 0.2) is 0 Å². The van der Waals surface area contributed by atoms with Gasteiger partial charge in [0.1, 0.15) is 23.4 Å². The number of halogens is 2. The number of nitrogens with one attached hydrogen (secondary N) is 1. The molecule has 2 heterocycles. The maximum Gasteiger partial charge on any atom is 0.249 e. The lowest BCUT2D eigenvalue weighted by Crippen LogP contribution is -2.42. The Morgan fingerprint density at radius 3 is 2.64 bits per heavy atom. The van der Waals surface area contributed by atoms with Gasteiger partial charge in [-0.05, 0) is 37.1 Å². The van der Waals surface area contributed by atoms with Crippen LogP contribution in [0.15, 0.2) is 42.6 Å². The molecule has 0 aliphatic carbocycles. The molecule has 1 aromatic heterocycles. The monoisotopic (exact) mass is 345 g/mol. The van der Waals surface area contributed by atoms with E-state index in [0.29, 0.717) is 12.8 Å². The molecule has 0 bridgehead atoms. The lowest BCUT2D eigenvalue weighted by Gasteiger charge is -2.18. The standard InChI is InChI=1S/C18H17F2N3O2/c19-13-5-3-6-14(20)17(13)23-11-9-15(18(23)25)22-16(24)8-7-12-4-1-2-10-21-12/h1-6,10,15H,7-9,11H2,(H,22,24)/t15-/m0/s1. The zero-order chi connectivity index (χ0) is 17.8. The van der Waals surface area contributed by atoms with Crippen molar-refractivity contribution < 1.29 is 18.4 Å². The van der Waals surface area contributed by atoms with Crippen molar-refractivity contribution in [3.05, 3.63) is 59.9 Å². The number of aryl methyl sites for hydroxylation is 1. The lowest BCUT2D eigenvalue weighted by molar-refractivity contribution is -0.126. The van der Waals surface area contributed by atoms with Crippen molar-refractivity contribution in [2.45, 2.75) is 25.3 Å². The Kier molecular flexibility index (Phi) is 5.02. The zero-order valence-corrected chi connectivity index (χ0v) is 13.4. The molecule has 130 valence electrons. The summed E-state index contributed by atoms with van der Waals surface area (Å²) in [5.41, 5.74) is 0.420. The zero-order valence-electron chi connectivity index (χ0n) is 13.4. The Morgan fingerprint density at radius 2 is 1.96 bits per heavy atom. The quantitative estimate of drug-likeness (QED) is 0.904. The first-order valence-electron chi connectivity index (χ1n) is 8.01. The second-order valence-corrected chi connectivity index (χ2v) is 5.79. The second kappa shape index (κ2) is 7.38. The number of para-hydroxylation sites is 1. The minimum Gasteiger partial charge on any atom is -0.344 e. The molecule has 1 aliphatic heterocycles. The number of anilines is 1. The highest BCUT2D eigenvalue weighted by Gasteiger charge is 2.36. The lowest BCUT2D eigenvalue weighted by atomic mass is 10.2. The molecular formula is C18H17F2N3O2. The predicted octanol–water partition coefficient (Wildman–Crippen LogP) is 2.21.